The molecule has 1 atom stereocenters. The SMILES string of the molecule is CCC(=O)Nc1ccc(C(=O)C(Cl)CC)cc1. The van der Waals surface area contributed by atoms with Gasteiger partial charge < -0.3 is 5.32 Å². The van der Waals surface area contributed by atoms with Crippen LogP contribution < -0.4 is 5.32 Å². The summed E-state index contributed by atoms with van der Waals surface area (Å²) in [4.78, 5) is 22.9. The second-order valence-electron chi connectivity index (χ2n) is 3.72. The van der Waals surface area contributed by atoms with E-state index < -0.39 is 5.38 Å². The standard InChI is InChI=1S/C13H16ClNO2/c1-3-11(14)13(17)9-5-7-10(8-6-9)15-12(16)4-2/h5-8,11H,3-4H2,1-2H3,(H,15,16). The van der Waals surface area contributed by atoms with E-state index in [-0.39, 0.29) is 11.7 Å². The molecule has 1 amide bonds. The Morgan fingerprint density at radius 3 is 2.29 bits per heavy atom. The van der Waals surface area contributed by atoms with E-state index in [0.29, 0.717) is 24.1 Å². The molecule has 0 bridgehead atoms. The summed E-state index contributed by atoms with van der Waals surface area (Å²) in [5.41, 5.74) is 1.26. The molecule has 3 nitrogen and oxygen atoms in total. The molecule has 4 heteroatoms. The number of hydrogen-bond donors (Lipinski definition) is 1. The van der Waals surface area contributed by atoms with Gasteiger partial charge in [0.1, 0.15) is 0 Å². The van der Waals surface area contributed by atoms with Crippen LogP contribution in [0, 0.1) is 0 Å². The van der Waals surface area contributed by atoms with Gasteiger partial charge in [0.2, 0.25) is 5.91 Å². The molecule has 0 aromatic heterocycles. The van der Waals surface area contributed by atoms with Crippen molar-refractivity contribution in [2.75, 3.05) is 5.32 Å². The monoisotopic (exact) mass is 253 g/mol. The van der Waals surface area contributed by atoms with Gasteiger partial charge in [-0.1, -0.05) is 13.8 Å². The van der Waals surface area contributed by atoms with E-state index in [1.54, 1.807) is 31.2 Å². The lowest BCUT2D eigenvalue weighted by Crippen LogP contribution is -2.14. The van der Waals surface area contributed by atoms with Crippen LogP contribution in [0.25, 0.3) is 0 Å². The molecule has 0 saturated carbocycles. The zero-order valence-corrected chi connectivity index (χ0v) is 10.8. The van der Waals surface area contributed by atoms with Gasteiger partial charge in [0, 0.05) is 17.7 Å². The van der Waals surface area contributed by atoms with E-state index in [2.05, 4.69) is 5.32 Å². The van der Waals surface area contributed by atoms with Crippen LogP contribution in [-0.2, 0) is 4.79 Å². The lowest BCUT2D eigenvalue weighted by atomic mass is 10.1. The first-order chi connectivity index (χ1) is 8.08. The molecule has 1 aromatic rings. The quantitative estimate of drug-likeness (QED) is 0.647. The van der Waals surface area contributed by atoms with Crippen LogP contribution in [0.4, 0.5) is 5.69 Å². The molecule has 0 saturated heterocycles. The third-order valence-corrected chi connectivity index (χ3v) is 2.92. The molecule has 0 aliphatic rings. The summed E-state index contributed by atoms with van der Waals surface area (Å²) in [5.74, 6) is -0.129. The van der Waals surface area contributed by atoms with E-state index in [4.69, 9.17) is 11.6 Å². The molecule has 1 N–H and O–H groups in total. The lowest BCUT2D eigenvalue weighted by Gasteiger charge is -2.07. The highest BCUT2D eigenvalue weighted by atomic mass is 35.5. The molecule has 1 aromatic carbocycles. The highest BCUT2D eigenvalue weighted by Crippen LogP contribution is 2.15. The Balaban J connectivity index is 2.74. The average Bonchev–Trinajstić information content (AvgIpc) is 2.37. The first kappa shape index (κ1) is 13.7. The number of carbonyl (C=O) groups excluding carboxylic acids is 2. The fraction of sp³-hybridized carbons (Fsp3) is 0.385. The number of rotatable bonds is 5. The summed E-state index contributed by atoms with van der Waals surface area (Å²) in [6.07, 6.45) is 1.04. The maximum Gasteiger partial charge on any atom is 0.224 e. The molecule has 0 spiro atoms. The zero-order chi connectivity index (χ0) is 12.8. The molecule has 0 radical (unpaired) electrons. The van der Waals surface area contributed by atoms with Crippen LogP contribution in [-0.4, -0.2) is 17.1 Å². The number of carbonyl (C=O) groups is 2. The number of Topliss-reactive ketones (excluding diaryl/α,β-unsaturated/α-hetero) is 1. The first-order valence-electron chi connectivity index (χ1n) is 5.66. The number of amides is 1. The van der Waals surface area contributed by atoms with Crippen molar-refractivity contribution in [1.82, 2.24) is 0 Å². The number of ketones is 1. The van der Waals surface area contributed by atoms with Gasteiger partial charge in [-0.25, -0.2) is 0 Å². The zero-order valence-electron chi connectivity index (χ0n) is 10.00. The largest absolute Gasteiger partial charge is 0.326 e. The van der Waals surface area contributed by atoms with Gasteiger partial charge in [0.05, 0.1) is 5.38 Å². The van der Waals surface area contributed by atoms with Crippen LogP contribution in [0.15, 0.2) is 24.3 Å². The maximum absolute atomic E-state index is 11.7. The molecule has 0 heterocycles. The second kappa shape index (κ2) is 6.40. The number of alkyl halides is 1. The highest BCUT2D eigenvalue weighted by molar-refractivity contribution is 6.33. The Labute approximate surface area is 106 Å². The third kappa shape index (κ3) is 3.86. The van der Waals surface area contributed by atoms with Crippen LogP contribution in [0.2, 0.25) is 0 Å². The minimum atomic E-state index is -0.480. The van der Waals surface area contributed by atoms with Crippen LogP contribution in [0.5, 0.6) is 0 Å². The van der Waals surface area contributed by atoms with Crippen molar-refractivity contribution < 1.29 is 9.59 Å². The summed E-state index contributed by atoms with van der Waals surface area (Å²) in [6, 6.07) is 6.78. The Morgan fingerprint density at radius 1 is 1.24 bits per heavy atom. The van der Waals surface area contributed by atoms with Crippen molar-refractivity contribution in [3.63, 3.8) is 0 Å². The summed E-state index contributed by atoms with van der Waals surface area (Å²) < 4.78 is 0. The van der Waals surface area contributed by atoms with Gasteiger partial charge >= 0.3 is 0 Å². The van der Waals surface area contributed by atoms with Gasteiger partial charge in [-0.2, -0.15) is 0 Å². The smallest absolute Gasteiger partial charge is 0.224 e. The van der Waals surface area contributed by atoms with E-state index in [0.717, 1.165) is 0 Å². The molecule has 92 valence electrons. The summed E-state index contributed by atoms with van der Waals surface area (Å²) in [5, 5.41) is 2.24. The van der Waals surface area contributed by atoms with Crippen molar-refractivity contribution in [3.05, 3.63) is 29.8 Å². The molecule has 0 aliphatic heterocycles. The third-order valence-electron chi connectivity index (χ3n) is 2.42. The summed E-state index contributed by atoms with van der Waals surface area (Å²) in [6.45, 7) is 3.65. The van der Waals surface area contributed by atoms with E-state index in [1.165, 1.54) is 0 Å². The minimum absolute atomic E-state index is 0.0483. The number of benzene rings is 1. The summed E-state index contributed by atoms with van der Waals surface area (Å²) in [7, 11) is 0. The Morgan fingerprint density at radius 2 is 1.82 bits per heavy atom. The molecule has 1 unspecified atom stereocenters. The molecule has 1 rings (SSSR count). The first-order valence-corrected chi connectivity index (χ1v) is 6.10. The molecule has 0 aliphatic carbocycles. The molecular formula is C13H16ClNO2. The normalized spacial score (nSPS) is 11.9. The van der Waals surface area contributed by atoms with Crippen molar-refractivity contribution in [2.24, 2.45) is 0 Å². The van der Waals surface area contributed by atoms with Gasteiger partial charge in [0.15, 0.2) is 5.78 Å². The number of halogens is 1. The predicted octanol–water partition coefficient (Wildman–Crippen LogP) is 3.24. The minimum Gasteiger partial charge on any atom is -0.326 e. The highest BCUT2D eigenvalue weighted by Gasteiger charge is 2.14. The van der Waals surface area contributed by atoms with Crippen LogP contribution in [0.1, 0.15) is 37.0 Å². The topological polar surface area (TPSA) is 46.2 Å². The second-order valence-corrected chi connectivity index (χ2v) is 4.25. The summed E-state index contributed by atoms with van der Waals surface area (Å²) >= 11 is 5.88. The molecule has 17 heavy (non-hydrogen) atoms. The number of hydrogen-bond acceptors (Lipinski definition) is 2. The van der Waals surface area contributed by atoms with E-state index in [9.17, 15) is 9.59 Å². The van der Waals surface area contributed by atoms with Crippen molar-refractivity contribution >= 4 is 29.0 Å². The fourth-order valence-corrected chi connectivity index (χ4v) is 1.46. The molecule has 0 fully saturated rings. The van der Waals surface area contributed by atoms with Crippen molar-refractivity contribution in [2.45, 2.75) is 32.1 Å². The lowest BCUT2D eigenvalue weighted by molar-refractivity contribution is -0.115. The average molecular weight is 254 g/mol. The van der Waals surface area contributed by atoms with Crippen molar-refractivity contribution in [1.29, 1.82) is 0 Å². The van der Waals surface area contributed by atoms with E-state index >= 15 is 0 Å². The van der Waals surface area contributed by atoms with Gasteiger partial charge in [-0.15, -0.1) is 11.6 Å². The van der Waals surface area contributed by atoms with Crippen LogP contribution >= 0.6 is 11.6 Å². The van der Waals surface area contributed by atoms with Gasteiger partial charge in [0.25, 0.3) is 0 Å². The molecular weight excluding hydrogens is 238 g/mol. The van der Waals surface area contributed by atoms with E-state index in [1.807, 2.05) is 6.92 Å². The van der Waals surface area contributed by atoms with Crippen LogP contribution in [0.3, 0.4) is 0 Å². The maximum atomic E-state index is 11.7. The predicted molar refractivity (Wildman–Crippen MR) is 69.6 cm³/mol. The number of anilines is 1. The Kier molecular flexibility index (Phi) is 5.16. The number of nitrogens with one attached hydrogen (secondary N) is 1. The fourth-order valence-electron chi connectivity index (χ4n) is 1.33. The Hall–Kier alpha value is -1.35. The van der Waals surface area contributed by atoms with Gasteiger partial charge in [-0.05, 0) is 30.7 Å². The van der Waals surface area contributed by atoms with Gasteiger partial charge in [-0.3, -0.25) is 9.59 Å². The Bertz CT molecular complexity index is 400. The van der Waals surface area contributed by atoms with Crippen molar-refractivity contribution in [3.8, 4) is 0 Å².